The lowest BCUT2D eigenvalue weighted by Crippen LogP contribution is -2.11. The van der Waals surface area contributed by atoms with Crippen molar-refractivity contribution in [1.82, 2.24) is 4.90 Å². The molecule has 0 radical (unpaired) electrons. The maximum atomic E-state index is 3.99. The van der Waals surface area contributed by atoms with E-state index in [1.807, 2.05) is 25.1 Å². The first kappa shape index (κ1) is 11.0. The maximum absolute atomic E-state index is 3.99. The van der Waals surface area contributed by atoms with E-state index in [1.54, 1.807) is 0 Å². The van der Waals surface area contributed by atoms with E-state index in [9.17, 15) is 0 Å². The fraction of sp³-hybridized carbons (Fsp3) is 0.455. The Morgan fingerprint density at radius 1 is 1.42 bits per heavy atom. The first-order chi connectivity index (χ1) is 5.54. The molecule has 0 atom stereocenters. The van der Waals surface area contributed by atoms with Gasteiger partial charge in [0.2, 0.25) is 0 Å². The summed E-state index contributed by atoms with van der Waals surface area (Å²) in [6.45, 7) is 12.0. The van der Waals surface area contributed by atoms with Crippen LogP contribution in [0.4, 0.5) is 0 Å². The van der Waals surface area contributed by atoms with Crippen molar-refractivity contribution >= 4 is 0 Å². The number of likely N-dealkylation sites (N-methyl/N-ethyl adjacent to an activating group) is 1. The van der Waals surface area contributed by atoms with Crippen LogP contribution in [-0.2, 0) is 0 Å². The molecule has 0 saturated heterocycles. The van der Waals surface area contributed by atoms with Crippen LogP contribution in [0.3, 0.4) is 0 Å². The van der Waals surface area contributed by atoms with Crippen molar-refractivity contribution in [2.24, 2.45) is 0 Å². The standard InChI is InChI=1S/C11H19N/c1-7-9(3)11(8-2)10(4)12(5)6/h8H,2,4,7H2,1,3,5-6H3/b11-9+. The minimum absolute atomic E-state index is 1.03. The predicted octanol–water partition coefficient (Wildman–Crippen LogP) is 2.97. The second kappa shape index (κ2) is 4.81. The molecule has 1 nitrogen and oxygen atoms in total. The Morgan fingerprint density at radius 2 is 1.92 bits per heavy atom. The summed E-state index contributed by atoms with van der Waals surface area (Å²) >= 11 is 0. The van der Waals surface area contributed by atoms with Gasteiger partial charge >= 0.3 is 0 Å². The van der Waals surface area contributed by atoms with Crippen LogP contribution in [0.25, 0.3) is 0 Å². The predicted molar refractivity (Wildman–Crippen MR) is 56.0 cm³/mol. The number of allylic oxidation sites excluding steroid dienone is 2. The van der Waals surface area contributed by atoms with Gasteiger partial charge < -0.3 is 4.90 Å². The van der Waals surface area contributed by atoms with E-state index < -0.39 is 0 Å². The van der Waals surface area contributed by atoms with Gasteiger partial charge in [-0.2, -0.15) is 0 Å². The van der Waals surface area contributed by atoms with Crippen molar-refractivity contribution in [2.45, 2.75) is 20.3 Å². The van der Waals surface area contributed by atoms with Crippen LogP contribution >= 0.6 is 0 Å². The first-order valence-corrected chi connectivity index (χ1v) is 4.23. The second-order valence-electron chi connectivity index (χ2n) is 3.09. The Labute approximate surface area is 76.1 Å². The summed E-state index contributed by atoms with van der Waals surface area (Å²) in [4.78, 5) is 2.01. The third-order valence-electron chi connectivity index (χ3n) is 2.04. The summed E-state index contributed by atoms with van der Waals surface area (Å²) in [7, 11) is 3.99. The van der Waals surface area contributed by atoms with E-state index in [0.717, 1.165) is 12.1 Å². The molecule has 68 valence electrons. The van der Waals surface area contributed by atoms with Crippen molar-refractivity contribution in [3.63, 3.8) is 0 Å². The highest BCUT2D eigenvalue weighted by Crippen LogP contribution is 2.17. The molecule has 0 fully saturated rings. The molecule has 0 heterocycles. The van der Waals surface area contributed by atoms with Gasteiger partial charge in [-0.3, -0.25) is 0 Å². The summed E-state index contributed by atoms with van der Waals surface area (Å²) in [5.41, 5.74) is 3.54. The lowest BCUT2D eigenvalue weighted by atomic mass is 10.0. The molecule has 0 saturated carbocycles. The van der Waals surface area contributed by atoms with Gasteiger partial charge in [0.1, 0.15) is 0 Å². The Kier molecular flexibility index (Phi) is 4.42. The molecule has 0 amide bonds. The zero-order chi connectivity index (χ0) is 9.72. The van der Waals surface area contributed by atoms with E-state index >= 15 is 0 Å². The van der Waals surface area contributed by atoms with Crippen LogP contribution < -0.4 is 0 Å². The van der Waals surface area contributed by atoms with Gasteiger partial charge in [-0.15, -0.1) is 0 Å². The van der Waals surface area contributed by atoms with E-state index in [1.165, 1.54) is 11.1 Å². The summed E-state index contributed by atoms with van der Waals surface area (Å²) < 4.78 is 0. The Balaban J connectivity index is 4.79. The fourth-order valence-electron chi connectivity index (χ4n) is 0.970. The highest BCUT2D eigenvalue weighted by Gasteiger charge is 2.03. The van der Waals surface area contributed by atoms with Crippen LogP contribution in [0.15, 0.2) is 36.1 Å². The number of hydrogen-bond acceptors (Lipinski definition) is 1. The molecule has 0 N–H and O–H groups in total. The highest BCUT2D eigenvalue weighted by molar-refractivity contribution is 5.39. The summed E-state index contributed by atoms with van der Waals surface area (Å²) in [6.07, 6.45) is 2.93. The average Bonchev–Trinajstić information content (AvgIpc) is 2.05. The number of nitrogens with zero attached hydrogens (tertiary/aromatic N) is 1. The summed E-state index contributed by atoms with van der Waals surface area (Å²) in [5, 5.41) is 0. The molecule has 0 rings (SSSR count). The lowest BCUT2D eigenvalue weighted by Gasteiger charge is -2.18. The largest absolute Gasteiger partial charge is 0.378 e. The molecular weight excluding hydrogens is 146 g/mol. The topological polar surface area (TPSA) is 3.24 Å². The van der Waals surface area contributed by atoms with Crippen LogP contribution in [0.2, 0.25) is 0 Å². The third kappa shape index (κ3) is 2.57. The van der Waals surface area contributed by atoms with Crippen molar-refractivity contribution < 1.29 is 0 Å². The van der Waals surface area contributed by atoms with Crippen LogP contribution in [-0.4, -0.2) is 19.0 Å². The van der Waals surface area contributed by atoms with E-state index in [4.69, 9.17) is 0 Å². The van der Waals surface area contributed by atoms with Crippen molar-refractivity contribution in [2.75, 3.05) is 14.1 Å². The molecule has 0 aromatic heterocycles. The number of hydrogen-bond donors (Lipinski definition) is 0. The number of rotatable bonds is 4. The fourth-order valence-corrected chi connectivity index (χ4v) is 0.970. The van der Waals surface area contributed by atoms with E-state index in [0.29, 0.717) is 0 Å². The Morgan fingerprint density at radius 3 is 2.17 bits per heavy atom. The molecule has 0 aromatic carbocycles. The van der Waals surface area contributed by atoms with Crippen LogP contribution in [0, 0.1) is 0 Å². The van der Waals surface area contributed by atoms with Gasteiger partial charge in [-0.05, 0) is 18.9 Å². The van der Waals surface area contributed by atoms with Crippen molar-refractivity contribution in [3.8, 4) is 0 Å². The molecule has 1 heteroatoms. The smallest absolute Gasteiger partial charge is 0.0360 e. The quantitative estimate of drug-likeness (QED) is 0.579. The molecule has 12 heavy (non-hydrogen) atoms. The Bertz CT molecular complexity index is 209. The monoisotopic (exact) mass is 165 g/mol. The average molecular weight is 165 g/mol. The third-order valence-corrected chi connectivity index (χ3v) is 2.04. The molecule has 0 bridgehead atoms. The van der Waals surface area contributed by atoms with Crippen molar-refractivity contribution in [1.29, 1.82) is 0 Å². The lowest BCUT2D eigenvalue weighted by molar-refractivity contribution is 0.525. The SMILES string of the molecule is C=C/C(C(=C)N(C)C)=C(/C)CC. The zero-order valence-corrected chi connectivity index (χ0v) is 8.65. The normalized spacial score (nSPS) is 12.0. The Hall–Kier alpha value is -0.980. The van der Waals surface area contributed by atoms with Crippen LogP contribution in [0.1, 0.15) is 20.3 Å². The van der Waals surface area contributed by atoms with Crippen molar-refractivity contribution in [3.05, 3.63) is 36.1 Å². The molecule has 0 aliphatic rings. The molecule has 0 aliphatic carbocycles. The van der Waals surface area contributed by atoms with Gasteiger partial charge in [0.05, 0.1) is 0 Å². The molecule has 0 aromatic rings. The van der Waals surface area contributed by atoms with E-state index in [2.05, 4.69) is 27.0 Å². The van der Waals surface area contributed by atoms with Gasteiger partial charge in [0.15, 0.2) is 0 Å². The first-order valence-electron chi connectivity index (χ1n) is 4.23. The molecule has 0 unspecified atom stereocenters. The molecule has 0 aliphatic heterocycles. The minimum atomic E-state index is 1.03. The zero-order valence-electron chi connectivity index (χ0n) is 8.65. The van der Waals surface area contributed by atoms with E-state index in [-0.39, 0.29) is 0 Å². The van der Waals surface area contributed by atoms with Gasteiger partial charge in [-0.1, -0.05) is 31.7 Å². The summed E-state index contributed by atoms with van der Waals surface area (Å²) in [5.74, 6) is 0. The second-order valence-corrected chi connectivity index (χ2v) is 3.09. The maximum Gasteiger partial charge on any atom is 0.0360 e. The van der Waals surface area contributed by atoms with Crippen LogP contribution in [0.5, 0.6) is 0 Å². The molecule has 0 spiro atoms. The minimum Gasteiger partial charge on any atom is -0.378 e. The van der Waals surface area contributed by atoms with Gasteiger partial charge in [0.25, 0.3) is 0 Å². The highest BCUT2D eigenvalue weighted by atomic mass is 15.1. The summed E-state index contributed by atoms with van der Waals surface area (Å²) in [6, 6.07) is 0. The van der Waals surface area contributed by atoms with Gasteiger partial charge in [-0.25, -0.2) is 0 Å². The van der Waals surface area contributed by atoms with Gasteiger partial charge in [0, 0.05) is 19.8 Å². The molecular formula is C11H19N.